The number of ether oxygens (including phenoxy) is 2. The fraction of sp³-hybridized carbons (Fsp3) is 0.364. The summed E-state index contributed by atoms with van der Waals surface area (Å²) >= 11 is 6.35. The van der Waals surface area contributed by atoms with Crippen molar-refractivity contribution < 1.29 is 13.9 Å². The third-order valence-electron chi connectivity index (χ3n) is 5.16. The first-order valence-electron chi connectivity index (χ1n) is 10.1. The number of hydrogen-bond donors (Lipinski definition) is 0. The first-order valence-corrected chi connectivity index (χ1v) is 10.4. The predicted molar refractivity (Wildman–Crippen MR) is 116 cm³/mol. The van der Waals surface area contributed by atoms with Crippen molar-refractivity contribution >= 4 is 34.3 Å². The average molecular weight is 431 g/mol. The molecular weight excluding hydrogens is 407 g/mol. The molecule has 0 saturated carbocycles. The van der Waals surface area contributed by atoms with E-state index in [9.17, 15) is 4.39 Å². The molecule has 30 heavy (non-hydrogen) atoms. The number of nitrogens with zero attached hydrogens (tertiary/aromatic N) is 4. The molecule has 2 aromatic carbocycles. The number of hydrogen-bond acceptors (Lipinski definition) is 6. The monoisotopic (exact) mass is 430 g/mol. The zero-order chi connectivity index (χ0) is 20.9. The van der Waals surface area contributed by atoms with Crippen LogP contribution in [0.5, 0.6) is 11.5 Å². The molecule has 4 rings (SSSR count). The highest BCUT2D eigenvalue weighted by Crippen LogP contribution is 2.33. The maximum atomic E-state index is 13.2. The molecule has 3 aromatic rings. The van der Waals surface area contributed by atoms with Crippen molar-refractivity contribution in [2.75, 3.05) is 37.8 Å². The summed E-state index contributed by atoms with van der Waals surface area (Å²) in [5, 5.41) is 0.818. The van der Waals surface area contributed by atoms with Crippen LogP contribution in [-0.4, -0.2) is 48.2 Å². The molecule has 0 unspecified atom stereocenters. The van der Waals surface area contributed by atoms with Crippen LogP contribution < -0.4 is 13.9 Å². The van der Waals surface area contributed by atoms with Gasteiger partial charge in [-0.05, 0) is 62.7 Å². The molecule has 8 heteroatoms. The Morgan fingerprint density at radius 3 is 2.63 bits per heavy atom. The summed E-state index contributed by atoms with van der Waals surface area (Å²) in [6.07, 6.45) is 5.24. The largest absolute Gasteiger partial charge is 0.493 e. The molecule has 0 aliphatic carbocycles. The number of fused-ring (bicyclic) bond motifs is 1. The number of rotatable bonds is 8. The highest BCUT2D eigenvalue weighted by molar-refractivity contribution is 6.28. The quantitative estimate of drug-likeness (QED) is 0.373. The summed E-state index contributed by atoms with van der Waals surface area (Å²) < 4.78 is 25.9. The molecule has 0 N–H and O–H groups in total. The van der Waals surface area contributed by atoms with Crippen LogP contribution in [-0.2, 0) is 0 Å². The van der Waals surface area contributed by atoms with Gasteiger partial charge < -0.3 is 14.4 Å². The zero-order valence-corrected chi connectivity index (χ0v) is 17.6. The van der Waals surface area contributed by atoms with Gasteiger partial charge in [0.1, 0.15) is 5.82 Å². The molecule has 1 aromatic heterocycles. The SMILES string of the molecule is COc1cc2nc(N(Cl)c3ccc(F)cc3)ncc2cc1OCCCN1CCCC1. The van der Waals surface area contributed by atoms with Gasteiger partial charge in [0.05, 0.1) is 24.9 Å². The summed E-state index contributed by atoms with van der Waals surface area (Å²) in [4.78, 5) is 11.3. The van der Waals surface area contributed by atoms with Gasteiger partial charge in [-0.3, -0.25) is 0 Å². The molecule has 0 radical (unpaired) electrons. The van der Waals surface area contributed by atoms with E-state index in [1.807, 2.05) is 12.1 Å². The minimum atomic E-state index is -0.332. The lowest BCUT2D eigenvalue weighted by Crippen LogP contribution is -2.21. The third kappa shape index (κ3) is 4.74. The number of benzene rings is 2. The lowest BCUT2D eigenvalue weighted by atomic mass is 10.2. The Bertz CT molecular complexity index is 996. The molecule has 1 aliphatic heterocycles. The first kappa shape index (κ1) is 20.6. The van der Waals surface area contributed by atoms with Gasteiger partial charge in [0.15, 0.2) is 11.5 Å². The highest BCUT2D eigenvalue weighted by Gasteiger charge is 2.14. The number of halogens is 2. The summed E-state index contributed by atoms with van der Waals surface area (Å²) in [6.45, 7) is 4.05. The van der Waals surface area contributed by atoms with Crippen LogP contribution in [0.4, 0.5) is 16.0 Å². The van der Waals surface area contributed by atoms with Gasteiger partial charge in [0.2, 0.25) is 5.95 Å². The third-order valence-corrected chi connectivity index (χ3v) is 5.50. The normalized spacial score (nSPS) is 14.2. The van der Waals surface area contributed by atoms with Gasteiger partial charge in [-0.15, -0.1) is 0 Å². The van der Waals surface area contributed by atoms with E-state index in [-0.39, 0.29) is 11.8 Å². The van der Waals surface area contributed by atoms with Gasteiger partial charge in [-0.1, -0.05) is 0 Å². The minimum absolute atomic E-state index is 0.289. The molecule has 0 bridgehead atoms. The first-order chi connectivity index (χ1) is 14.6. The Hall–Kier alpha value is -2.64. The second-order valence-corrected chi connectivity index (χ2v) is 7.58. The second kappa shape index (κ2) is 9.45. The summed E-state index contributed by atoms with van der Waals surface area (Å²) in [7, 11) is 1.60. The van der Waals surface area contributed by atoms with Crippen LogP contribution in [0, 0.1) is 5.82 Å². The Kier molecular flexibility index (Phi) is 6.50. The number of anilines is 2. The maximum absolute atomic E-state index is 13.2. The zero-order valence-electron chi connectivity index (χ0n) is 16.9. The summed E-state index contributed by atoms with van der Waals surface area (Å²) in [6, 6.07) is 9.49. The van der Waals surface area contributed by atoms with E-state index in [4.69, 9.17) is 21.3 Å². The average Bonchev–Trinajstić information content (AvgIpc) is 3.29. The molecular formula is C22H24ClFN4O2. The van der Waals surface area contributed by atoms with Crippen LogP contribution in [0.25, 0.3) is 10.9 Å². The Labute approximate surface area is 180 Å². The van der Waals surface area contributed by atoms with Crippen molar-refractivity contribution in [3.8, 4) is 11.5 Å². The van der Waals surface area contributed by atoms with E-state index < -0.39 is 0 Å². The summed E-state index contributed by atoms with van der Waals surface area (Å²) in [5.74, 6) is 1.23. The topological polar surface area (TPSA) is 50.7 Å². The standard InChI is InChI=1S/C22H24ClFN4O2/c1-29-20-14-19-16(13-21(20)30-12-4-11-27-9-2-3-10-27)15-25-22(26-19)28(23)18-7-5-17(24)6-8-18/h5-8,13-15H,2-4,9-12H2,1H3. The van der Waals surface area contributed by atoms with Gasteiger partial charge in [0.25, 0.3) is 0 Å². The molecule has 1 aliphatic rings. The van der Waals surface area contributed by atoms with Crippen molar-refractivity contribution in [2.45, 2.75) is 19.3 Å². The Morgan fingerprint density at radius 2 is 1.90 bits per heavy atom. The van der Waals surface area contributed by atoms with Crippen LogP contribution >= 0.6 is 11.8 Å². The van der Waals surface area contributed by atoms with E-state index >= 15 is 0 Å². The van der Waals surface area contributed by atoms with Gasteiger partial charge >= 0.3 is 0 Å². The van der Waals surface area contributed by atoms with Crippen LogP contribution in [0.1, 0.15) is 19.3 Å². The molecule has 0 spiro atoms. The van der Waals surface area contributed by atoms with Crippen molar-refractivity contribution in [1.29, 1.82) is 0 Å². The number of likely N-dealkylation sites (tertiary alicyclic amines) is 1. The molecule has 158 valence electrons. The van der Waals surface area contributed by atoms with Crippen molar-refractivity contribution in [2.24, 2.45) is 0 Å². The molecule has 1 fully saturated rings. The summed E-state index contributed by atoms with van der Waals surface area (Å²) in [5.41, 5.74) is 1.25. The van der Waals surface area contributed by atoms with Crippen molar-refractivity contribution in [3.63, 3.8) is 0 Å². The van der Waals surface area contributed by atoms with E-state index in [2.05, 4.69) is 14.9 Å². The Morgan fingerprint density at radius 1 is 1.13 bits per heavy atom. The molecule has 2 heterocycles. The fourth-order valence-electron chi connectivity index (χ4n) is 3.56. The maximum Gasteiger partial charge on any atom is 0.245 e. The van der Waals surface area contributed by atoms with Crippen LogP contribution in [0.2, 0.25) is 0 Å². The van der Waals surface area contributed by atoms with Gasteiger partial charge in [-0.2, -0.15) is 0 Å². The predicted octanol–water partition coefficient (Wildman–Crippen LogP) is 4.93. The molecule has 0 amide bonds. The van der Waals surface area contributed by atoms with Crippen LogP contribution in [0.3, 0.4) is 0 Å². The lowest BCUT2D eigenvalue weighted by molar-refractivity contribution is 0.254. The van der Waals surface area contributed by atoms with Crippen molar-refractivity contribution in [1.82, 2.24) is 14.9 Å². The van der Waals surface area contributed by atoms with E-state index in [0.29, 0.717) is 29.3 Å². The number of aromatic nitrogens is 2. The Balaban J connectivity index is 1.48. The molecule has 1 saturated heterocycles. The highest BCUT2D eigenvalue weighted by atomic mass is 35.5. The van der Waals surface area contributed by atoms with Gasteiger partial charge in [0, 0.05) is 36.0 Å². The molecule has 0 atom stereocenters. The minimum Gasteiger partial charge on any atom is -0.493 e. The van der Waals surface area contributed by atoms with Gasteiger partial charge in [-0.25, -0.2) is 18.8 Å². The van der Waals surface area contributed by atoms with E-state index in [1.54, 1.807) is 25.4 Å². The number of methoxy groups -OCH3 is 1. The van der Waals surface area contributed by atoms with E-state index in [0.717, 1.165) is 18.4 Å². The van der Waals surface area contributed by atoms with Crippen molar-refractivity contribution in [3.05, 3.63) is 48.4 Å². The molecule has 6 nitrogen and oxygen atoms in total. The lowest BCUT2D eigenvalue weighted by Gasteiger charge is -2.16. The second-order valence-electron chi connectivity index (χ2n) is 7.24. The van der Waals surface area contributed by atoms with E-state index in [1.165, 1.54) is 42.5 Å². The fourth-order valence-corrected chi connectivity index (χ4v) is 3.75. The smallest absolute Gasteiger partial charge is 0.245 e. The van der Waals surface area contributed by atoms with Crippen LogP contribution in [0.15, 0.2) is 42.6 Å².